The Labute approximate surface area is 116 Å². The first-order valence-electron chi connectivity index (χ1n) is 6.90. The molecule has 2 aromatic heterocycles. The van der Waals surface area contributed by atoms with Crippen molar-refractivity contribution in [3.8, 4) is 0 Å². The smallest absolute Gasteiger partial charge is 0.290 e. The molecule has 6 nitrogen and oxygen atoms in total. The van der Waals surface area contributed by atoms with Crippen molar-refractivity contribution >= 4 is 5.91 Å². The van der Waals surface area contributed by atoms with E-state index in [2.05, 4.69) is 10.1 Å². The van der Waals surface area contributed by atoms with Crippen molar-refractivity contribution < 1.29 is 13.7 Å². The van der Waals surface area contributed by atoms with Crippen molar-refractivity contribution in [2.24, 2.45) is 0 Å². The molecule has 0 bridgehead atoms. The molecule has 1 aliphatic heterocycles. The summed E-state index contributed by atoms with van der Waals surface area (Å²) in [5.74, 6) is 1.35. The van der Waals surface area contributed by atoms with Gasteiger partial charge in [-0.15, -0.1) is 0 Å². The summed E-state index contributed by atoms with van der Waals surface area (Å²) >= 11 is 0. The van der Waals surface area contributed by atoms with E-state index < -0.39 is 0 Å². The van der Waals surface area contributed by atoms with E-state index in [-0.39, 0.29) is 11.9 Å². The van der Waals surface area contributed by atoms with Crippen molar-refractivity contribution in [3.05, 3.63) is 35.9 Å². The second kappa shape index (κ2) is 5.48. The normalized spacial score (nSPS) is 19.9. The summed E-state index contributed by atoms with van der Waals surface area (Å²) in [4.78, 5) is 18.6. The van der Waals surface area contributed by atoms with Gasteiger partial charge >= 0.3 is 0 Å². The van der Waals surface area contributed by atoms with E-state index in [0.29, 0.717) is 24.0 Å². The number of furan rings is 1. The van der Waals surface area contributed by atoms with Crippen LogP contribution in [0.1, 0.15) is 54.0 Å². The fourth-order valence-corrected chi connectivity index (χ4v) is 2.60. The van der Waals surface area contributed by atoms with Gasteiger partial charge in [-0.1, -0.05) is 18.0 Å². The molecular formula is C14H17N3O3. The molecule has 0 N–H and O–H groups in total. The number of rotatable bonds is 2. The van der Waals surface area contributed by atoms with Gasteiger partial charge in [0, 0.05) is 6.54 Å². The molecule has 0 spiro atoms. The molecule has 1 aliphatic rings. The SMILES string of the molecule is Cc1noc(C2CCCCCN2C(=O)c2ccco2)n1. The van der Waals surface area contributed by atoms with E-state index >= 15 is 0 Å². The number of hydrogen-bond donors (Lipinski definition) is 0. The molecule has 6 heteroatoms. The third-order valence-corrected chi connectivity index (χ3v) is 3.57. The number of hydrogen-bond acceptors (Lipinski definition) is 5. The lowest BCUT2D eigenvalue weighted by Gasteiger charge is -2.26. The molecule has 106 valence electrons. The lowest BCUT2D eigenvalue weighted by Crippen LogP contribution is -2.34. The molecule has 0 radical (unpaired) electrons. The number of likely N-dealkylation sites (tertiary alicyclic amines) is 1. The third-order valence-electron chi connectivity index (χ3n) is 3.57. The highest BCUT2D eigenvalue weighted by Gasteiger charge is 2.32. The van der Waals surface area contributed by atoms with Crippen LogP contribution < -0.4 is 0 Å². The van der Waals surface area contributed by atoms with Gasteiger partial charge in [0.15, 0.2) is 11.6 Å². The maximum Gasteiger partial charge on any atom is 0.290 e. The Morgan fingerprint density at radius 2 is 2.30 bits per heavy atom. The van der Waals surface area contributed by atoms with Crippen molar-refractivity contribution in [2.75, 3.05) is 6.54 Å². The van der Waals surface area contributed by atoms with Crippen LogP contribution in [0.15, 0.2) is 27.3 Å². The fraction of sp³-hybridized carbons (Fsp3) is 0.500. The first kappa shape index (κ1) is 12.9. The number of amides is 1. The second-order valence-electron chi connectivity index (χ2n) is 5.02. The van der Waals surface area contributed by atoms with Crippen LogP contribution in [-0.4, -0.2) is 27.5 Å². The molecule has 1 unspecified atom stereocenters. The van der Waals surface area contributed by atoms with Gasteiger partial charge in [-0.2, -0.15) is 4.98 Å². The number of nitrogens with zero attached hydrogens (tertiary/aromatic N) is 3. The molecule has 2 aromatic rings. The largest absolute Gasteiger partial charge is 0.459 e. The van der Waals surface area contributed by atoms with Crippen LogP contribution in [0.3, 0.4) is 0 Å². The van der Waals surface area contributed by atoms with Gasteiger partial charge < -0.3 is 13.8 Å². The van der Waals surface area contributed by atoms with E-state index in [1.54, 1.807) is 24.0 Å². The second-order valence-corrected chi connectivity index (χ2v) is 5.02. The monoisotopic (exact) mass is 275 g/mol. The van der Waals surface area contributed by atoms with Crippen LogP contribution in [-0.2, 0) is 0 Å². The van der Waals surface area contributed by atoms with E-state index in [0.717, 1.165) is 25.7 Å². The Morgan fingerprint density at radius 1 is 1.40 bits per heavy atom. The van der Waals surface area contributed by atoms with E-state index in [9.17, 15) is 4.79 Å². The van der Waals surface area contributed by atoms with Gasteiger partial charge in [-0.3, -0.25) is 4.79 Å². The summed E-state index contributed by atoms with van der Waals surface area (Å²) in [5, 5.41) is 3.83. The van der Waals surface area contributed by atoms with Gasteiger partial charge in [0.05, 0.1) is 6.26 Å². The summed E-state index contributed by atoms with van der Waals surface area (Å²) in [6.45, 7) is 2.47. The first-order valence-corrected chi connectivity index (χ1v) is 6.90. The zero-order chi connectivity index (χ0) is 13.9. The van der Waals surface area contributed by atoms with Crippen LogP contribution in [0, 0.1) is 6.92 Å². The van der Waals surface area contributed by atoms with Crippen LogP contribution in [0.25, 0.3) is 0 Å². The zero-order valence-electron chi connectivity index (χ0n) is 11.4. The zero-order valence-corrected chi connectivity index (χ0v) is 11.4. The molecule has 1 amide bonds. The molecule has 1 fully saturated rings. The Morgan fingerprint density at radius 3 is 3.00 bits per heavy atom. The third kappa shape index (κ3) is 2.45. The first-order chi connectivity index (χ1) is 9.75. The predicted octanol–water partition coefficient (Wildman–Crippen LogP) is 2.73. The molecule has 0 saturated carbocycles. The van der Waals surface area contributed by atoms with E-state index in [1.807, 2.05) is 0 Å². The maximum atomic E-state index is 12.5. The molecule has 3 rings (SSSR count). The topological polar surface area (TPSA) is 72.4 Å². The molecule has 1 saturated heterocycles. The quantitative estimate of drug-likeness (QED) is 0.842. The molecular weight excluding hydrogens is 258 g/mol. The Kier molecular flexibility index (Phi) is 3.54. The minimum absolute atomic E-state index is 0.113. The highest BCUT2D eigenvalue weighted by Crippen LogP contribution is 2.30. The minimum Gasteiger partial charge on any atom is -0.459 e. The number of carbonyl (C=O) groups is 1. The number of aryl methyl sites for hydroxylation is 1. The highest BCUT2D eigenvalue weighted by molar-refractivity contribution is 5.91. The molecule has 0 aliphatic carbocycles. The molecule has 3 heterocycles. The summed E-state index contributed by atoms with van der Waals surface area (Å²) in [6.07, 6.45) is 5.49. The predicted molar refractivity (Wildman–Crippen MR) is 70.0 cm³/mol. The lowest BCUT2D eigenvalue weighted by atomic mass is 10.1. The van der Waals surface area contributed by atoms with Crippen LogP contribution in [0.4, 0.5) is 0 Å². The van der Waals surface area contributed by atoms with Crippen molar-refractivity contribution in [3.63, 3.8) is 0 Å². The molecule has 0 aromatic carbocycles. The average molecular weight is 275 g/mol. The van der Waals surface area contributed by atoms with Gasteiger partial charge in [0.1, 0.15) is 6.04 Å². The van der Waals surface area contributed by atoms with Gasteiger partial charge in [0.2, 0.25) is 5.89 Å². The summed E-state index contributed by atoms with van der Waals surface area (Å²) in [7, 11) is 0. The van der Waals surface area contributed by atoms with Crippen LogP contribution in [0.2, 0.25) is 0 Å². The lowest BCUT2D eigenvalue weighted by molar-refractivity contribution is 0.0612. The van der Waals surface area contributed by atoms with E-state index in [1.165, 1.54) is 6.26 Å². The van der Waals surface area contributed by atoms with Gasteiger partial charge in [-0.05, 0) is 31.9 Å². The fourth-order valence-electron chi connectivity index (χ4n) is 2.60. The standard InChI is InChI=1S/C14H17N3O3/c1-10-15-13(20-16-10)11-6-3-2-4-8-17(11)14(18)12-7-5-9-19-12/h5,7,9,11H,2-4,6,8H2,1H3. The molecule has 1 atom stereocenters. The molecule has 20 heavy (non-hydrogen) atoms. The van der Waals surface area contributed by atoms with Crippen LogP contribution in [0.5, 0.6) is 0 Å². The van der Waals surface area contributed by atoms with E-state index in [4.69, 9.17) is 8.94 Å². The van der Waals surface area contributed by atoms with Gasteiger partial charge in [-0.25, -0.2) is 0 Å². The Balaban J connectivity index is 1.89. The van der Waals surface area contributed by atoms with Crippen LogP contribution >= 0.6 is 0 Å². The van der Waals surface area contributed by atoms with Gasteiger partial charge in [0.25, 0.3) is 5.91 Å². The Hall–Kier alpha value is -2.11. The summed E-state index contributed by atoms with van der Waals surface area (Å²) in [5.41, 5.74) is 0. The van der Waals surface area contributed by atoms with Crippen molar-refractivity contribution in [1.82, 2.24) is 15.0 Å². The highest BCUT2D eigenvalue weighted by atomic mass is 16.5. The minimum atomic E-state index is -0.156. The summed E-state index contributed by atoms with van der Waals surface area (Å²) in [6, 6.07) is 3.25. The number of carbonyl (C=O) groups excluding carboxylic acids is 1. The maximum absolute atomic E-state index is 12.5. The average Bonchev–Trinajstić information content (AvgIpc) is 3.05. The summed E-state index contributed by atoms with van der Waals surface area (Å²) < 4.78 is 10.5. The Bertz CT molecular complexity index is 576. The van der Waals surface area contributed by atoms with Crippen molar-refractivity contribution in [2.45, 2.75) is 38.6 Å². The number of aromatic nitrogens is 2. The van der Waals surface area contributed by atoms with Crippen molar-refractivity contribution in [1.29, 1.82) is 0 Å².